The maximum absolute atomic E-state index is 2.48. The van der Waals surface area contributed by atoms with Crippen LogP contribution in [0.2, 0.25) is 0 Å². The van der Waals surface area contributed by atoms with Crippen molar-refractivity contribution in [2.45, 2.75) is 0 Å². The van der Waals surface area contributed by atoms with Gasteiger partial charge in [0, 0.05) is 0 Å². The van der Waals surface area contributed by atoms with E-state index in [1.165, 1.54) is 132 Å². The molecule has 0 aliphatic carbocycles. The van der Waals surface area contributed by atoms with Gasteiger partial charge in [-0.3, -0.25) is 0 Å². The topological polar surface area (TPSA) is 0 Å². The summed E-state index contributed by atoms with van der Waals surface area (Å²) in [5.74, 6) is 0. The molecule has 0 radical (unpaired) electrons. The molecule has 0 amide bonds. The molecule has 13 rings (SSSR count). The minimum absolute atomic E-state index is 1.18. The normalized spacial score (nSPS) is 11.5. The minimum Gasteiger partial charge on any atom is -0.0622 e. The van der Waals surface area contributed by atoms with E-state index in [0.717, 1.165) is 0 Å². The summed E-state index contributed by atoms with van der Waals surface area (Å²) in [6.07, 6.45) is 0. The first kappa shape index (κ1) is 39.5. The zero-order valence-electron chi connectivity index (χ0n) is 37.4. The smallest absolute Gasteiger partial charge is 0.00199 e. The van der Waals surface area contributed by atoms with E-state index >= 15 is 0 Å². The molecule has 0 aliphatic heterocycles. The number of fused-ring (bicyclic) bond motifs is 6. The molecular weight excluding hydrogens is 817 g/mol. The van der Waals surface area contributed by atoms with Gasteiger partial charge >= 0.3 is 0 Å². The van der Waals surface area contributed by atoms with Gasteiger partial charge in [0.05, 0.1) is 0 Å². The van der Waals surface area contributed by atoms with E-state index in [9.17, 15) is 0 Å². The molecule has 13 aromatic carbocycles. The first-order chi connectivity index (χ1) is 33.7. The van der Waals surface area contributed by atoms with Crippen LogP contribution in [0.15, 0.2) is 267 Å². The third-order valence-corrected chi connectivity index (χ3v) is 14.0. The summed E-state index contributed by atoms with van der Waals surface area (Å²) in [5, 5.41) is 12.3. The summed E-state index contributed by atoms with van der Waals surface area (Å²) in [6, 6.07) is 98.9. The molecular formula is C68H44. The Balaban J connectivity index is 1.14. The summed E-state index contributed by atoms with van der Waals surface area (Å²) in [5.41, 5.74) is 16.9. The Bertz CT molecular complexity index is 3990. The van der Waals surface area contributed by atoms with Crippen molar-refractivity contribution >= 4 is 53.9 Å². The average Bonchev–Trinajstić information content (AvgIpc) is 3.42. The lowest BCUT2D eigenvalue weighted by Gasteiger charge is -2.21. The van der Waals surface area contributed by atoms with Gasteiger partial charge in [-0.25, -0.2) is 0 Å². The fraction of sp³-hybridized carbons (Fsp3) is 0. The molecule has 0 aliphatic rings. The molecule has 0 unspecified atom stereocenters. The molecule has 0 atom stereocenters. The van der Waals surface area contributed by atoms with Crippen LogP contribution in [-0.4, -0.2) is 0 Å². The van der Waals surface area contributed by atoms with Crippen molar-refractivity contribution in [1.82, 2.24) is 0 Å². The molecule has 13 aromatic rings. The monoisotopic (exact) mass is 860 g/mol. The van der Waals surface area contributed by atoms with E-state index < -0.39 is 0 Å². The lowest BCUT2D eigenvalue weighted by molar-refractivity contribution is 1.57. The Morgan fingerprint density at radius 1 is 0.147 bits per heavy atom. The molecule has 0 saturated carbocycles. The molecule has 0 heterocycles. The second-order valence-corrected chi connectivity index (χ2v) is 18.0. The maximum atomic E-state index is 2.48. The SMILES string of the molecule is c1ccc(-c2cc(-c3ccccc3)cc(-c3ccc4c(c3)c(-c3ccc5ccccc5c3)c(-c3ccc5ccccc5c3)c3cc(-c5cc6ccccc6cc5-c5ccccc5)ccc34)c2)cc1. The van der Waals surface area contributed by atoms with Crippen LogP contribution in [-0.2, 0) is 0 Å². The molecule has 0 fully saturated rings. The lowest BCUT2D eigenvalue weighted by atomic mass is 9.82. The van der Waals surface area contributed by atoms with Gasteiger partial charge < -0.3 is 0 Å². The molecule has 0 heteroatoms. The summed E-state index contributed by atoms with van der Waals surface area (Å²) < 4.78 is 0. The van der Waals surface area contributed by atoms with Gasteiger partial charge in [-0.2, -0.15) is 0 Å². The van der Waals surface area contributed by atoms with E-state index in [4.69, 9.17) is 0 Å². The Morgan fingerprint density at radius 3 is 0.956 bits per heavy atom. The third kappa shape index (κ3) is 7.03. The van der Waals surface area contributed by atoms with Gasteiger partial charge in [0.15, 0.2) is 0 Å². The van der Waals surface area contributed by atoms with Gasteiger partial charge in [-0.15, -0.1) is 0 Å². The van der Waals surface area contributed by atoms with E-state index in [1.807, 2.05) is 0 Å². The van der Waals surface area contributed by atoms with E-state index in [1.54, 1.807) is 0 Å². The predicted octanol–water partition coefficient (Wildman–Crippen LogP) is 19.1. The number of rotatable bonds is 7. The molecule has 0 nitrogen and oxygen atoms in total. The highest BCUT2D eigenvalue weighted by Gasteiger charge is 2.21. The van der Waals surface area contributed by atoms with Crippen molar-refractivity contribution in [3.8, 4) is 77.9 Å². The number of hydrogen-bond donors (Lipinski definition) is 0. The lowest BCUT2D eigenvalue weighted by Crippen LogP contribution is -1.94. The Labute approximate surface area is 396 Å². The maximum Gasteiger partial charge on any atom is -0.00199 e. The second kappa shape index (κ2) is 16.5. The van der Waals surface area contributed by atoms with Gasteiger partial charge in [0.25, 0.3) is 0 Å². The van der Waals surface area contributed by atoms with Crippen molar-refractivity contribution in [3.05, 3.63) is 267 Å². The molecule has 316 valence electrons. The first-order valence-electron chi connectivity index (χ1n) is 23.6. The van der Waals surface area contributed by atoms with Crippen LogP contribution in [0.5, 0.6) is 0 Å². The van der Waals surface area contributed by atoms with Crippen LogP contribution >= 0.6 is 0 Å². The summed E-state index contributed by atoms with van der Waals surface area (Å²) in [4.78, 5) is 0. The second-order valence-electron chi connectivity index (χ2n) is 18.0. The van der Waals surface area contributed by atoms with Crippen LogP contribution in [0, 0.1) is 0 Å². The fourth-order valence-electron chi connectivity index (χ4n) is 10.6. The number of hydrogen-bond acceptors (Lipinski definition) is 0. The summed E-state index contributed by atoms with van der Waals surface area (Å²) >= 11 is 0. The predicted molar refractivity (Wildman–Crippen MR) is 292 cm³/mol. The van der Waals surface area contributed by atoms with Gasteiger partial charge in [-0.05, 0) is 186 Å². The largest absolute Gasteiger partial charge is 0.0622 e. The minimum atomic E-state index is 1.18. The molecule has 0 N–H and O–H groups in total. The highest BCUT2D eigenvalue weighted by atomic mass is 14.2. The summed E-state index contributed by atoms with van der Waals surface area (Å²) in [6.45, 7) is 0. The fourth-order valence-corrected chi connectivity index (χ4v) is 10.6. The molecule has 0 bridgehead atoms. The van der Waals surface area contributed by atoms with Gasteiger partial charge in [-0.1, -0.05) is 212 Å². The zero-order valence-corrected chi connectivity index (χ0v) is 37.4. The van der Waals surface area contributed by atoms with E-state index in [-0.39, 0.29) is 0 Å². The van der Waals surface area contributed by atoms with Crippen molar-refractivity contribution in [1.29, 1.82) is 0 Å². The van der Waals surface area contributed by atoms with Crippen molar-refractivity contribution in [2.75, 3.05) is 0 Å². The zero-order chi connectivity index (χ0) is 45.0. The third-order valence-electron chi connectivity index (χ3n) is 14.0. The molecule has 0 saturated heterocycles. The quantitative estimate of drug-likeness (QED) is 0.140. The molecule has 68 heavy (non-hydrogen) atoms. The van der Waals surface area contributed by atoms with Crippen LogP contribution < -0.4 is 0 Å². The first-order valence-corrected chi connectivity index (χ1v) is 23.6. The summed E-state index contributed by atoms with van der Waals surface area (Å²) in [7, 11) is 0. The number of benzene rings is 13. The van der Waals surface area contributed by atoms with Crippen LogP contribution in [0.25, 0.3) is 132 Å². The average molecular weight is 861 g/mol. The van der Waals surface area contributed by atoms with Crippen LogP contribution in [0.1, 0.15) is 0 Å². The highest BCUT2D eigenvalue weighted by molar-refractivity contribution is 6.23. The van der Waals surface area contributed by atoms with Crippen LogP contribution in [0.4, 0.5) is 0 Å². The van der Waals surface area contributed by atoms with Gasteiger partial charge in [0.2, 0.25) is 0 Å². The van der Waals surface area contributed by atoms with E-state index in [2.05, 4.69) is 267 Å². The van der Waals surface area contributed by atoms with Crippen molar-refractivity contribution in [2.24, 2.45) is 0 Å². The van der Waals surface area contributed by atoms with Gasteiger partial charge in [0.1, 0.15) is 0 Å². The highest BCUT2D eigenvalue weighted by Crippen LogP contribution is 2.49. The van der Waals surface area contributed by atoms with Crippen molar-refractivity contribution < 1.29 is 0 Å². The molecule has 0 aromatic heterocycles. The van der Waals surface area contributed by atoms with E-state index in [0.29, 0.717) is 0 Å². The molecule has 0 spiro atoms. The van der Waals surface area contributed by atoms with Crippen LogP contribution in [0.3, 0.4) is 0 Å². The Hall–Kier alpha value is -8.84. The van der Waals surface area contributed by atoms with Crippen molar-refractivity contribution in [3.63, 3.8) is 0 Å². The Kier molecular flexibility index (Phi) is 9.62. The standard InChI is InChI=1S/C68H44/c1-4-16-45(17-5-1)58-38-59(46-18-6-2-7-19-46)40-60(39-58)54-32-34-61-62-35-33-55(64-42-53-27-15-14-26-52(53)41-63(64)49-22-8-3-9-23-49)44-66(62)68(57-31-29-48-21-11-13-25-51(48)37-57)67(65(61)43-54)56-30-28-47-20-10-12-24-50(47)36-56/h1-44H. The Morgan fingerprint density at radius 2 is 0.485 bits per heavy atom.